The summed E-state index contributed by atoms with van der Waals surface area (Å²) < 4.78 is 22.3. The first-order valence-electron chi connectivity index (χ1n) is 9.08. The van der Waals surface area contributed by atoms with Crippen molar-refractivity contribution in [2.75, 3.05) is 27.9 Å². The van der Waals surface area contributed by atoms with Gasteiger partial charge in [0.2, 0.25) is 0 Å². The summed E-state index contributed by atoms with van der Waals surface area (Å²) in [6.45, 7) is 2.59. The van der Waals surface area contributed by atoms with E-state index in [4.69, 9.17) is 18.9 Å². The number of halogens is 1. The molecule has 2 aromatic carbocycles. The molecule has 158 valence electrons. The number of carbonyl (C=O) groups excluding carboxylic acids is 1. The molecule has 1 amide bonds. The van der Waals surface area contributed by atoms with Crippen LogP contribution < -0.4 is 24.3 Å². The molecule has 0 atom stereocenters. The van der Waals surface area contributed by atoms with Gasteiger partial charge in [-0.05, 0) is 65.4 Å². The molecule has 0 aromatic heterocycles. The molecule has 0 radical (unpaired) electrons. The van der Waals surface area contributed by atoms with Gasteiger partial charge in [0.05, 0.1) is 31.5 Å². The fraction of sp³-hybridized carbons (Fsp3) is 0.273. The maximum atomic E-state index is 12.6. The second kappa shape index (κ2) is 11.3. The lowest BCUT2D eigenvalue weighted by Gasteiger charge is -2.13. The van der Waals surface area contributed by atoms with Gasteiger partial charge >= 0.3 is 0 Å². The summed E-state index contributed by atoms with van der Waals surface area (Å²) >= 11 is 2.13. The van der Waals surface area contributed by atoms with Gasteiger partial charge in [0, 0.05) is 18.2 Å². The van der Waals surface area contributed by atoms with E-state index >= 15 is 0 Å². The van der Waals surface area contributed by atoms with Crippen LogP contribution in [-0.2, 0) is 11.3 Å². The Morgan fingerprint density at radius 3 is 2.47 bits per heavy atom. The Bertz CT molecular complexity index is 982. The summed E-state index contributed by atoms with van der Waals surface area (Å²) in [5.41, 5.74) is 1.40. The number of methoxy groups -OCH3 is 3. The van der Waals surface area contributed by atoms with Crippen molar-refractivity contribution in [3.63, 3.8) is 0 Å². The van der Waals surface area contributed by atoms with Crippen LogP contribution >= 0.6 is 22.6 Å². The maximum Gasteiger partial charge on any atom is 0.262 e. The van der Waals surface area contributed by atoms with Gasteiger partial charge in [0.1, 0.15) is 23.1 Å². The second-order valence-corrected chi connectivity index (χ2v) is 7.16. The number of ether oxygens (including phenoxy) is 4. The van der Waals surface area contributed by atoms with Crippen molar-refractivity contribution in [1.29, 1.82) is 5.26 Å². The SMILES string of the molecule is CCOc1c(I)cc(/C=C(\C#N)C(=O)NCc2ccc(OC)cc2OC)cc1OC. The van der Waals surface area contributed by atoms with Crippen molar-refractivity contribution < 1.29 is 23.7 Å². The minimum Gasteiger partial charge on any atom is -0.497 e. The molecule has 1 N–H and O–H groups in total. The molecule has 2 rings (SSSR count). The molecule has 8 heteroatoms. The summed E-state index contributed by atoms with van der Waals surface area (Å²) in [4.78, 5) is 12.6. The molecule has 30 heavy (non-hydrogen) atoms. The van der Waals surface area contributed by atoms with Gasteiger partial charge < -0.3 is 24.3 Å². The van der Waals surface area contributed by atoms with Gasteiger partial charge in [-0.25, -0.2) is 0 Å². The third kappa shape index (κ3) is 5.79. The Labute approximate surface area is 189 Å². The Hall–Kier alpha value is -2.93. The summed E-state index contributed by atoms with van der Waals surface area (Å²) in [6.07, 6.45) is 1.51. The van der Waals surface area contributed by atoms with E-state index in [-0.39, 0.29) is 12.1 Å². The summed E-state index contributed by atoms with van der Waals surface area (Å²) in [6, 6.07) is 10.8. The lowest BCUT2D eigenvalue weighted by atomic mass is 10.1. The predicted octanol–water partition coefficient (Wildman–Crippen LogP) is 3.94. The third-order valence-corrected chi connectivity index (χ3v) is 4.95. The number of amides is 1. The highest BCUT2D eigenvalue weighted by Gasteiger charge is 2.14. The van der Waals surface area contributed by atoms with Crippen LogP contribution in [0.5, 0.6) is 23.0 Å². The number of hydrogen-bond acceptors (Lipinski definition) is 6. The average molecular weight is 522 g/mol. The van der Waals surface area contributed by atoms with Crippen molar-refractivity contribution in [2.24, 2.45) is 0 Å². The molecule has 0 aliphatic rings. The van der Waals surface area contributed by atoms with Gasteiger partial charge in [-0.3, -0.25) is 4.79 Å². The molecule has 0 aliphatic heterocycles. The highest BCUT2D eigenvalue weighted by molar-refractivity contribution is 14.1. The molecule has 0 fully saturated rings. The number of nitriles is 1. The number of rotatable bonds is 9. The van der Waals surface area contributed by atoms with Crippen molar-refractivity contribution >= 4 is 34.6 Å². The highest BCUT2D eigenvalue weighted by atomic mass is 127. The Morgan fingerprint density at radius 1 is 1.13 bits per heavy atom. The zero-order valence-corrected chi connectivity index (χ0v) is 19.4. The molecule has 7 nitrogen and oxygen atoms in total. The topological polar surface area (TPSA) is 89.8 Å². The molecule has 0 unspecified atom stereocenters. The average Bonchev–Trinajstić information content (AvgIpc) is 2.77. The van der Waals surface area contributed by atoms with Gasteiger partial charge in [-0.1, -0.05) is 0 Å². The van der Waals surface area contributed by atoms with E-state index in [0.717, 1.165) is 9.13 Å². The molecule has 2 aromatic rings. The van der Waals surface area contributed by atoms with Gasteiger partial charge in [0.25, 0.3) is 5.91 Å². The Morgan fingerprint density at radius 2 is 1.87 bits per heavy atom. The first kappa shape index (κ1) is 23.3. The smallest absolute Gasteiger partial charge is 0.262 e. The molecule has 0 bridgehead atoms. The fourth-order valence-corrected chi connectivity index (χ4v) is 3.47. The number of nitrogens with one attached hydrogen (secondary N) is 1. The molecular formula is C22H23IN2O5. The standard InChI is InChI=1S/C22H23IN2O5/c1-5-30-21-18(23)9-14(10-20(21)29-4)8-16(12-24)22(26)25-13-15-6-7-17(27-2)11-19(15)28-3/h6-11H,5,13H2,1-4H3,(H,25,26)/b16-8+. The first-order valence-corrected chi connectivity index (χ1v) is 10.2. The summed E-state index contributed by atoms with van der Waals surface area (Å²) in [5, 5.41) is 12.2. The summed E-state index contributed by atoms with van der Waals surface area (Å²) in [7, 11) is 4.65. The van der Waals surface area contributed by atoms with Crippen LogP contribution in [0.3, 0.4) is 0 Å². The van der Waals surface area contributed by atoms with E-state index in [9.17, 15) is 10.1 Å². The Kier molecular flexibility index (Phi) is 8.80. The van der Waals surface area contributed by atoms with Crippen molar-refractivity contribution in [3.8, 4) is 29.1 Å². The van der Waals surface area contributed by atoms with Crippen molar-refractivity contribution in [2.45, 2.75) is 13.5 Å². The van der Waals surface area contributed by atoms with Crippen molar-refractivity contribution in [3.05, 3.63) is 50.6 Å². The molecule has 0 spiro atoms. The van der Waals surface area contributed by atoms with Crippen LogP contribution in [-0.4, -0.2) is 33.8 Å². The van der Waals surface area contributed by atoms with Crippen LogP contribution in [0.15, 0.2) is 35.9 Å². The predicted molar refractivity (Wildman–Crippen MR) is 122 cm³/mol. The van der Waals surface area contributed by atoms with E-state index in [1.807, 2.05) is 19.1 Å². The number of carbonyl (C=O) groups is 1. The van der Waals surface area contributed by atoms with Crippen molar-refractivity contribution in [1.82, 2.24) is 5.32 Å². The van der Waals surface area contributed by atoms with E-state index in [1.165, 1.54) is 6.08 Å². The van der Waals surface area contributed by atoms with Crippen LogP contribution in [0.25, 0.3) is 6.08 Å². The van der Waals surface area contributed by atoms with E-state index < -0.39 is 5.91 Å². The third-order valence-electron chi connectivity index (χ3n) is 4.15. The van der Waals surface area contributed by atoms with Gasteiger partial charge in [0.15, 0.2) is 11.5 Å². The number of nitrogens with zero attached hydrogens (tertiary/aromatic N) is 1. The van der Waals surface area contributed by atoms with Crippen LogP contribution in [0.1, 0.15) is 18.1 Å². The van der Waals surface area contributed by atoms with E-state index in [1.54, 1.807) is 45.6 Å². The van der Waals surface area contributed by atoms with Crippen LogP contribution in [0.4, 0.5) is 0 Å². The quantitative estimate of drug-likeness (QED) is 0.305. The lowest BCUT2D eigenvalue weighted by Crippen LogP contribution is -2.24. The largest absolute Gasteiger partial charge is 0.497 e. The lowest BCUT2D eigenvalue weighted by molar-refractivity contribution is -0.117. The monoisotopic (exact) mass is 522 g/mol. The maximum absolute atomic E-state index is 12.6. The molecule has 0 saturated heterocycles. The summed E-state index contributed by atoms with van der Waals surface area (Å²) in [5.74, 6) is 1.92. The fourth-order valence-electron chi connectivity index (χ4n) is 2.69. The van der Waals surface area contributed by atoms with Crippen LogP contribution in [0.2, 0.25) is 0 Å². The van der Waals surface area contributed by atoms with Gasteiger partial charge in [-0.2, -0.15) is 5.26 Å². The molecule has 0 aliphatic carbocycles. The highest BCUT2D eigenvalue weighted by Crippen LogP contribution is 2.34. The second-order valence-electron chi connectivity index (χ2n) is 6.00. The normalized spacial score (nSPS) is 10.7. The zero-order chi connectivity index (χ0) is 22.1. The van der Waals surface area contributed by atoms with Gasteiger partial charge in [-0.15, -0.1) is 0 Å². The molecule has 0 heterocycles. The van der Waals surface area contributed by atoms with E-state index in [2.05, 4.69) is 27.9 Å². The first-order chi connectivity index (χ1) is 14.5. The van der Waals surface area contributed by atoms with E-state index in [0.29, 0.717) is 35.2 Å². The zero-order valence-electron chi connectivity index (χ0n) is 17.2. The molecule has 0 saturated carbocycles. The number of benzene rings is 2. The number of hydrogen-bond donors (Lipinski definition) is 1. The Balaban J connectivity index is 2.22. The minimum atomic E-state index is -0.488. The molecular weight excluding hydrogens is 499 g/mol. The van der Waals surface area contributed by atoms with Crippen LogP contribution in [0, 0.1) is 14.9 Å². The minimum absolute atomic E-state index is 0.0236.